The fourth-order valence-electron chi connectivity index (χ4n) is 8.07. The van der Waals surface area contributed by atoms with Gasteiger partial charge >= 0.3 is 0 Å². The van der Waals surface area contributed by atoms with E-state index in [0.29, 0.717) is 16.7 Å². The average molecular weight is 562 g/mol. The maximum absolute atomic E-state index is 14.4. The number of nitrogens with two attached hydrogens (primary N) is 1. The van der Waals surface area contributed by atoms with Crippen LogP contribution in [0.4, 0.5) is 0 Å². The Labute approximate surface area is 235 Å². The number of benzene rings is 2. The lowest BCUT2D eigenvalue weighted by Crippen LogP contribution is -2.62. The Morgan fingerprint density at radius 3 is 2.32 bits per heavy atom. The second-order valence-corrected chi connectivity index (χ2v) is 12.1. The Hall–Kier alpha value is -4.18. The largest absolute Gasteiger partial charge is 0.511 e. The fourth-order valence-corrected chi connectivity index (χ4v) is 8.07. The molecule has 2 aromatic carbocycles. The number of ketones is 3. The number of methoxy groups -OCH3 is 2. The van der Waals surface area contributed by atoms with Crippen LogP contribution in [0.5, 0.6) is 17.2 Å². The molecule has 6 rings (SSSR count). The van der Waals surface area contributed by atoms with Gasteiger partial charge in [0.05, 0.1) is 31.1 Å². The standard InChI is InChI=1S/C31H31NO9/c1-12-7-6-8-29(2,3)30(12)11-13-18-20(16(34)10-17(40-4)23(18)30)25(41-5)22-19(13)24(35)14-9-15(33)21(28(32)38)26(36)31(14,39)27(22)37/h7,10,14,33-34,39H,6,8-9,11H2,1-5H3,(H2,32,38)/t14-,30+,31-/m0/s1. The molecule has 0 aromatic heterocycles. The number of hydrogen-bond acceptors (Lipinski definition) is 9. The molecule has 0 saturated heterocycles. The number of phenols is 1. The second kappa shape index (κ2) is 8.19. The highest BCUT2D eigenvalue weighted by Crippen LogP contribution is 2.65. The number of ether oxygens (including phenoxy) is 2. The zero-order chi connectivity index (χ0) is 30.0. The third-order valence-electron chi connectivity index (χ3n) is 10.1. The van der Waals surface area contributed by atoms with Crippen molar-refractivity contribution in [3.63, 3.8) is 0 Å². The monoisotopic (exact) mass is 561 g/mol. The number of carbonyl (C=O) groups excluding carboxylic acids is 4. The number of phenolic OH excluding ortho intramolecular Hbond substituents is 1. The van der Waals surface area contributed by atoms with E-state index in [1.165, 1.54) is 20.3 Å². The van der Waals surface area contributed by atoms with E-state index >= 15 is 0 Å². The maximum Gasteiger partial charge on any atom is 0.255 e. The highest BCUT2D eigenvalue weighted by atomic mass is 16.5. The van der Waals surface area contributed by atoms with Gasteiger partial charge in [-0.25, -0.2) is 0 Å². The molecule has 5 N–H and O–H groups in total. The van der Waals surface area contributed by atoms with Crippen LogP contribution in [-0.4, -0.2) is 58.4 Å². The maximum atomic E-state index is 14.4. The van der Waals surface area contributed by atoms with Crippen molar-refractivity contribution in [1.82, 2.24) is 0 Å². The number of fused-ring (bicyclic) bond motifs is 4. The molecule has 4 aliphatic rings. The third kappa shape index (κ3) is 2.90. The van der Waals surface area contributed by atoms with Crippen molar-refractivity contribution < 1.29 is 44.0 Å². The van der Waals surface area contributed by atoms with Crippen molar-refractivity contribution in [3.8, 4) is 17.2 Å². The number of allylic oxidation sites excluding steroid dienone is 3. The Balaban J connectivity index is 1.78. The van der Waals surface area contributed by atoms with E-state index in [4.69, 9.17) is 15.2 Å². The lowest BCUT2D eigenvalue weighted by Gasteiger charge is -2.49. The first-order chi connectivity index (χ1) is 19.2. The lowest BCUT2D eigenvalue weighted by atomic mass is 9.54. The summed E-state index contributed by atoms with van der Waals surface area (Å²) in [5.41, 5.74) is 2.27. The molecule has 2 aromatic rings. The van der Waals surface area contributed by atoms with Crippen molar-refractivity contribution in [1.29, 1.82) is 0 Å². The minimum atomic E-state index is -2.99. The first kappa shape index (κ1) is 27.0. The van der Waals surface area contributed by atoms with Crippen LogP contribution in [-0.2, 0) is 21.4 Å². The Morgan fingerprint density at radius 1 is 1.05 bits per heavy atom. The molecule has 0 aliphatic heterocycles. The van der Waals surface area contributed by atoms with Crippen LogP contribution < -0.4 is 15.2 Å². The van der Waals surface area contributed by atoms with Gasteiger partial charge in [-0.2, -0.15) is 0 Å². The van der Waals surface area contributed by atoms with Crippen LogP contribution in [0.2, 0.25) is 0 Å². The molecule has 10 nitrogen and oxygen atoms in total. The summed E-state index contributed by atoms with van der Waals surface area (Å²) in [6.45, 7) is 6.29. The van der Waals surface area contributed by atoms with E-state index in [1.807, 2.05) is 6.92 Å². The summed E-state index contributed by atoms with van der Waals surface area (Å²) < 4.78 is 11.5. The van der Waals surface area contributed by atoms with Crippen molar-refractivity contribution >= 4 is 34.0 Å². The topological polar surface area (TPSA) is 173 Å². The molecule has 0 bridgehead atoms. The molecule has 10 heteroatoms. The van der Waals surface area contributed by atoms with Crippen LogP contribution >= 0.6 is 0 Å². The minimum absolute atomic E-state index is 0.0305. The number of primary amides is 1. The number of aliphatic hydroxyl groups excluding tert-OH is 1. The fraction of sp³-hybridized carbons (Fsp3) is 0.419. The summed E-state index contributed by atoms with van der Waals surface area (Å²) in [6, 6.07) is 1.45. The van der Waals surface area contributed by atoms with Crippen molar-refractivity contribution in [2.75, 3.05) is 14.2 Å². The first-order valence-corrected chi connectivity index (χ1v) is 13.4. The second-order valence-electron chi connectivity index (χ2n) is 12.1. The van der Waals surface area contributed by atoms with Gasteiger partial charge in [0.15, 0.2) is 5.78 Å². The molecule has 1 spiro atoms. The van der Waals surface area contributed by atoms with Crippen molar-refractivity contribution in [3.05, 3.63) is 51.3 Å². The van der Waals surface area contributed by atoms with Gasteiger partial charge in [-0.1, -0.05) is 25.5 Å². The van der Waals surface area contributed by atoms with Crippen LogP contribution in [0.15, 0.2) is 29.0 Å². The first-order valence-electron chi connectivity index (χ1n) is 13.4. The summed E-state index contributed by atoms with van der Waals surface area (Å²) in [5, 5.41) is 34.2. The summed E-state index contributed by atoms with van der Waals surface area (Å²) in [4.78, 5) is 54.0. The Bertz CT molecular complexity index is 1730. The van der Waals surface area contributed by atoms with Gasteiger partial charge in [0.1, 0.15) is 28.6 Å². The summed E-state index contributed by atoms with van der Waals surface area (Å²) >= 11 is 0. The lowest BCUT2D eigenvalue weighted by molar-refractivity contribution is -0.136. The SMILES string of the molecule is COc1cc(O)c2c(OC)c3c(c4c2c1[C@@]1(C4)C(C)=CCCC1(C)C)C(=O)[C@@H]1CC(O)=C(C(N)=O)C(=O)[C@]1(O)C3=O. The third-order valence-corrected chi connectivity index (χ3v) is 10.1. The number of amides is 1. The minimum Gasteiger partial charge on any atom is -0.511 e. The summed E-state index contributed by atoms with van der Waals surface area (Å²) in [6.07, 6.45) is 3.48. The van der Waals surface area contributed by atoms with Gasteiger partial charge < -0.3 is 30.5 Å². The molecule has 0 unspecified atom stereocenters. The van der Waals surface area contributed by atoms with Gasteiger partial charge in [0, 0.05) is 34.4 Å². The van der Waals surface area contributed by atoms with Crippen molar-refractivity contribution in [2.24, 2.45) is 17.1 Å². The normalized spacial score (nSPS) is 28.1. The van der Waals surface area contributed by atoms with Gasteiger partial charge in [-0.05, 0) is 37.2 Å². The smallest absolute Gasteiger partial charge is 0.255 e. The molecule has 0 fully saturated rings. The molecule has 41 heavy (non-hydrogen) atoms. The van der Waals surface area contributed by atoms with Crippen LogP contribution in [0, 0.1) is 11.3 Å². The average Bonchev–Trinajstić information content (AvgIpc) is 3.27. The van der Waals surface area contributed by atoms with Crippen LogP contribution in [0.25, 0.3) is 10.8 Å². The van der Waals surface area contributed by atoms with Crippen LogP contribution in [0.1, 0.15) is 71.9 Å². The van der Waals surface area contributed by atoms with Crippen LogP contribution in [0.3, 0.4) is 0 Å². The molecule has 0 radical (unpaired) electrons. The number of rotatable bonds is 3. The van der Waals surface area contributed by atoms with E-state index in [-0.39, 0.29) is 39.8 Å². The predicted molar refractivity (Wildman–Crippen MR) is 146 cm³/mol. The molecule has 1 amide bonds. The number of aliphatic hydroxyl groups is 2. The molecule has 214 valence electrons. The quantitative estimate of drug-likeness (QED) is 0.249. The van der Waals surface area contributed by atoms with E-state index < -0.39 is 57.9 Å². The number of aromatic hydroxyl groups is 1. The van der Waals surface area contributed by atoms with E-state index in [2.05, 4.69) is 19.9 Å². The number of Topliss-reactive ketones (excluding diaryl/α,β-unsaturated/α-hetero) is 3. The predicted octanol–water partition coefficient (Wildman–Crippen LogP) is 3.12. The van der Waals surface area contributed by atoms with Gasteiger partial charge in [-0.3, -0.25) is 19.2 Å². The molecule has 3 atom stereocenters. The highest BCUT2D eigenvalue weighted by Gasteiger charge is 2.64. The van der Waals surface area contributed by atoms with Gasteiger partial charge in [0.2, 0.25) is 17.2 Å². The Morgan fingerprint density at radius 2 is 1.73 bits per heavy atom. The van der Waals surface area contributed by atoms with Gasteiger partial charge in [-0.15, -0.1) is 0 Å². The molecule has 0 saturated carbocycles. The molecule has 0 heterocycles. The number of hydrogen-bond donors (Lipinski definition) is 4. The van der Waals surface area contributed by atoms with E-state index in [0.717, 1.165) is 24.0 Å². The highest BCUT2D eigenvalue weighted by molar-refractivity contribution is 6.38. The Kier molecular flexibility index (Phi) is 5.40. The zero-order valence-electron chi connectivity index (χ0n) is 23.4. The van der Waals surface area contributed by atoms with E-state index in [9.17, 15) is 34.5 Å². The van der Waals surface area contributed by atoms with Crippen molar-refractivity contribution in [2.45, 2.75) is 57.5 Å². The molecular formula is C31H31NO9. The zero-order valence-corrected chi connectivity index (χ0v) is 23.4. The number of carbonyl (C=O) groups is 4. The van der Waals surface area contributed by atoms with E-state index in [1.54, 1.807) is 0 Å². The summed E-state index contributed by atoms with van der Waals surface area (Å²) in [7, 11) is 2.76. The van der Waals surface area contributed by atoms with Gasteiger partial charge in [0.25, 0.3) is 5.91 Å². The molecular weight excluding hydrogens is 530 g/mol. The molecule has 4 aliphatic carbocycles. The summed E-state index contributed by atoms with van der Waals surface area (Å²) in [5.74, 6) is -7.14.